The van der Waals surface area contributed by atoms with Gasteiger partial charge in [0, 0.05) is 6.07 Å². The van der Waals surface area contributed by atoms with Crippen molar-refractivity contribution >= 4 is 21.7 Å². The minimum absolute atomic E-state index is 0.00593. The van der Waals surface area contributed by atoms with Crippen LogP contribution in [-0.2, 0) is 14.8 Å². The zero-order chi connectivity index (χ0) is 22.4. The molecule has 0 amide bonds. The number of benzene rings is 3. The molecule has 162 valence electrons. The fraction of sp³-hybridized carbons (Fsp3) is 0.136. The molecule has 0 heterocycles. The van der Waals surface area contributed by atoms with E-state index >= 15 is 0 Å². The molecule has 0 fully saturated rings. The van der Waals surface area contributed by atoms with Gasteiger partial charge in [-0.3, -0.25) is 4.72 Å². The summed E-state index contributed by atoms with van der Waals surface area (Å²) in [6.07, 6.45) is 0. The molecule has 0 aliphatic heterocycles. The number of carbonyl (C=O) groups is 1. The van der Waals surface area contributed by atoms with Gasteiger partial charge >= 0.3 is 5.97 Å². The predicted octanol–water partition coefficient (Wildman–Crippen LogP) is 4.08. The standard InChI is InChI=1S/C22H21NO7S/c1-27-17-7-9-18(10-8-17)30-21-14-16(6-13-20(21)28-2)23-31(25,26)19-11-4-15(5-12-19)22(24)29-3/h4-14,23H,1-3H3. The largest absolute Gasteiger partial charge is 0.497 e. The second-order valence-electron chi connectivity index (χ2n) is 6.26. The van der Waals surface area contributed by atoms with Crippen LogP contribution >= 0.6 is 0 Å². The Morgan fingerprint density at radius 3 is 2.00 bits per heavy atom. The molecule has 3 aromatic carbocycles. The fourth-order valence-electron chi connectivity index (χ4n) is 2.69. The first kappa shape index (κ1) is 22.0. The van der Waals surface area contributed by atoms with Gasteiger partial charge in [0.2, 0.25) is 0 Å². The normalized spacial score (nSPS) is 10.8. The maximum atomic E-state index is 12.7. The van der Waals surface area contributed by atoms with Gasteiger partial charge in [0.05, 0.1) is 37.5 Å². The van der Waals surface area contributed by atoms with Gasteiger partial charge in [-0.05, 0) is 60.7 Å². The zero-order valence-electron chi connectivity index (χ0n) is 17.1. The van der Waals surface area contributed by atoms with E-state index in [9.17, 15) is 13.2 Å². The molecule has 0 saturated heterocycles. The lowest BCUT2D eigenvalue weighted by atomic mass is 10.2. The van der Waals surface area contributed by atoms with E-state index in [1.807, 2.05) is 0 Å². The Balaban J connectivity index is 1.83. The van der Waals surface area contributed by atoms with Crippen LogP contribution in [0.3, 0.4) is 0 Å². The minimum Gasteiger partial charge on any atom is -0.497 e. The molecule has 0 bridgehead atoms. The molecule has 9 heteroatoms. The van der Waals surface area contributed by atoms with Gasteiger partial charge in [-0.15, -0.1) is 0 Å². The highest BCUT2D eigenvalue weighted by molar-refractivity contribution is 7.92. The number of carbonyl (C=O) groups excluding carboxylic acids is 1. The van der Waals surface area contributed by atoms with Gasteiger partial charge in [-0.1, -0.05) is 0 Å². The Labute approximate surface area is 180 Å². The van der Waals surface area contributed by atoms with E-state index in [1.165, 1.54) is 44.6 Å². The van der Waals surface area contributed by atoms with Crippen molar-refractivity contribution in [2.24, 2.45) is 0 Å². The number of anilines is 1. The van der Waals surface area contributed by atoms with E-state index in [2.05, 4.69) is 9.46 Å². The van der Waals surface area contributed by atoms with Gasteiger partial charge in [0.15, 0.2) is 11.5 Å². The van der Waals surface area contributed by atoms with Crippen molar-refractivity contribution in [3.8, 4) is 23.0 Å². The number of nitrogens with one attached hydrogen (secondary N) is 1. The first-order valence-corrected chi connectivity index (χ1v) is 10.6. The highest BCUT2D eigenvalue weighted by atomic mass is 32.2. The Bertz CT molecular complexity index is 1160. The smallest absolute Gasteiger partial charge is 0.337 e. The highest BCUT2D eigenvalue weighted by Crippen LogP contribution is 2.35. The topological polar surface area (TPSA) is 100 Å². The van der Waals surface area contributed by atoms with E-state index in [4.69, 9.17) is 14.2 Å². The first-order valence-electron chi connectivity index (χ1n) is 9.07. The molecule has 3 rings (SSSR count). The van der Waals surface area contributed by atoms with Crippen LogP contribution in [0.25, 0.3) is 0 Å². The third-order valence-electron chi connectivity index (χ3n) is 4.29. The second kappa shape index (κ2) is 9.40. The summed E-state index contributed by atoms with van der Waals surface area (Å²) in [6.45, 7) is 0. The number of hydrogen-bond donors (Lipinski definition) is 1. The number of esters is 1. The van der Waals surface area contributed by atoms with E-state index in [0.29, 0.717) is 23.0 Å². The van der Waals surface area contributed by atoms with Gasteiger partial charge in [-0.25, -0.2) is 13.2 Å². The highest BCUT2D eigenvalue weighted by Gasteiger charge is 2.17. The van der Waals surface area contributed by atoms with Crippen molar-refractivity contribution < 1.29 is 32.2 Å². The molecule has 0 aliphatic carbocycles. The van der Waals surface area contributed by atoms with E-state index in [0.717, 1.165) is 0 Å². The number of methoxy groups -OCH3 is 3. The quantitative estimate of drug-likeness (QED) is 0.524. The molecule has 0 radical (unpaired) electrons. The summed E-state index contributed by atoms with van der Waals surface area (Å²) in [5, 5.41) is 0. The monoisotopic (exact) mass is 443 g/mol. The lowest BCUT2D eigenvalue weighted by molar-refractivity contribution is 0.0600. The molecule has 0 aliphatic rings. The molecular formula is C22H21NO7S. The van der Waals surface area contributed by atoms with Crippen LogP contribution in [0.1, 0.15) is 10.4 Å². The summed E-state index contributed by atoms with van der Waals surface area (Å²) in [6, 6.07) is 17.0. The van der Waals surface area contributed by atoms with Crippen LogP contribution in [-0.4, -0.2) is 35.7 Å². The molecule has 31 heavy (non-hydrogen) atoms. The van der Waals surface area contributed by atoms with E-state index in [-0.39, 0.29) is 16.1 Å². The number of sulfonamides is 1. The summed E-state index contributed by atoms with van der Waals surface area (Å²) in [4.78, 5) is 11.5. The number of ether oxygens (including phenoxy) is 4. The summed E-state index contributed by atoms with van der Waals surface area (Å²) in [5.41, 5.74) is 0.530. The summed E-state index contributed by atoms with van der Waals surface area (Å²) < 4.78 is 48.9. The molecule has 0 spiro atoms. The van der Waals surface area contributed by atoms with Crippen molar-refractivity contribution in [3.63, 3.8) is 0 Å². The summed E-state index contributed by atoms with van der Waals surface area (Å²) in [5.74, 6) is 1.42. The Morgan fingerprint density at radius 1 is 0.774 bits per heavy atom. The van der Waals surface area contributed by atoms with Crippen molar-refractivity contribution in [1.29, 1.82) is 0 Å². The predicted molar refractivity (Wildman–Crippen MR) is 115 cm³/mol. The van der Waals surface area contributed by atoms with Gasteiger partial charge in [0.25, 0.3) is 10.0 Å². The van der Waals surface area contributed by atoms with Crippen molar-refractivity contribution in [1.82, 2.24) is 0 Å². The van der Waals surface area contributed by atoms with Crippen molar-refractivity contribution in [2.45, 2.75) is 4.90 Å². The van der Waals surface area contributed by atoms with E-state index in [1.54, 1.807) is 43.5 Å². The summed E-state index contributed by atoms with van der Waals surface area (Å²) >= 11 is 0. The van der Waals surface area contributed by atoms with Crippen LogP contribution < -0.4 is 18.9 Å². The van der Waals surface area contributed by atoms with Gasteiger partial charge < -0.3 is 18.9 Å². The molecule has 3 aromatic rings. The first-order chi connectivity index (χ1) is 14.9. The van der Waals surface area contributed by atoms with Crippen molar-refractivity contribution in [3.05, 3.63) is 72.3 Å². The third kappa shape index (κ3) is 5.26. The van der Waals surface area contributed by atoms with Crippen LogP contribution in [0.4, 0.5) is 5.69 Å². The van der Waals surface area contributed by atoms with E-state index < -0.39 is 16.0 Å². The molecule has 0 atom stereocenters. The van der Waals surface area contributed by atoms with Crippen LogP contribution in [0.15, 0.2) is 71.6 Å². The molecule has 8 nitrogen and oxygen atoms in total. The maximum absolute atomic E-state index is 12.7. The van der Waals surface area contributed by atoms with Crippen LogP contribution in [0.5, 0.6) is 23.0 Å². The fourth-order valence-corrected chi connectivity index (χ4v) is 3.74. The summed E-state index contributed by atoms with van der Waals surface area (Å²) in [7, 11) is 0.414. The van der Waals surface area contributed by atoms with Crippen LogP contribution in [0.2, 0.25) is 0 Å². The van der Waals surface area contributed by atoms with Gasteiger partial charge in [-0.2, -0.15) is 0 Å². The Morgan fingerprint density at radius 2 is 1.42 bits per heavy atom. The molecular weight excluding hydrogens is 422 g/mol. The second-order valence-corrected chi connectivity index (χ2v) is 7.95. The molecule has 1 N–H and O–H groups in total. The molecule has 0 unspecified atom stereocenters. The van der Waals surface area contributed by atoms with Crippen molar-refractivity contribution in [2.75, 3.05) is 26.1 Å². The maximum Gasteiger partial charge on any atom is 0.337 e. The SMILES string of the molecule is COC(=O)c1ccc(S(=O)(=O)Nc2ccc(OC)c(Oc3ccc(OC)cc3)c2)cc1. The zero-order valence-corrected chi connectivity index (χ0v) is 17.9. The number of rotatable bonds is 8. The third-order valence-corrected chi connectivity index (χ3v) is 5.69. The Kier molecular flexibility index (Phi) is 6.66. The average molecular weight is 443 g/mol. The minimum atomic E-state index is -3.90. The molecule has 0 saturated carbocycles. The Hall–Kier alpha value is -3.72. The average Bonchev–Trinajstić information content (AvgIpc) is 2.79. The van der Waals surface area contributed by atoms with Crippen LogP contribution in [0, 0.1) is 0 Å². The number of hydrogen-bond acceptors (Lipinski definition) is 7. The molecule has 0 aromatic heterocycles. The lowest BCUT2D eigenvalue weighted by Gasteiger charge is -2.14. The lowest BCUT2D eigenvalue weighted by Crippen LogP contribution is -2.13. The van der Waals surface area contributed by atoms with Gasteiger partial charge in [0.1, 0.15) is 11.5 Å².